The van der Waals surface area contributed by atoms with Crippen molar-refractivity contribution in [1.29, 1.82) is 5.41 Å². The molecular formula is C24H21FN4O2S. The number of pyridine rings is 2. The van der Waals surface area contributed by atoms with Crippen molar-refractivity contribution in [2.24, 2.45) is 5.73 Å². The van der Waals surface area contributed by atoms with Crippen LogP contribution in [-0.4, -0.2) is 34.1 Å². The summed E-state index contributed by atoms with van der Waals surface area (Å²) < 4.78 is 25.5. The number of thioether (sulfide) groups is 1. The Hall–Kier alpha value is -3.23. The minimum atomic E-state index is -0.387. The molecule has 8 heteroatoms. The minimum Gasteiger partial charge on any atom is -0.438 e. The summed E-state index contributed by atoms with van der Waals surface area (Å²) in [5.74, 6) is 1.32. The molecule has 5 rings (SSSR count). The molecule has 0 aliphatic carbocycles. The average Bonchev–Trinajstić information content (AvgIpc) is 2.81. The average molecular weight is 449 g/mol. The van der Waals surface area contributed by atoms with Gasteiger partial charge in [0.1, 0.15) is 11.6 Å². The van der Waals surface area contributed by atoms with Crippen molar-refractivity contribution in [2.75, 3.05) is 19.0 Å². The topological polar surface area (TPSA) is 94.1 Å². The summed E-state index contributed by atoms with van der Waals surface area (Å²) in [5.41, 5.74) is 11.2. The normalized spacial score (nSPS) is 17.0. The Morgan fingerprint density at radius 1 is 1.12 bits per heavy atom. The smallest absolute Gasteiger partial charge is 0.223 e. The number of halogens is 1. The predicted octanol–water partition coefficient (Wildman–Crippen LogP) is 4.95. The first-order valence-corrected chi connectivity index (χ1v) is 11.2. The Kier molecular flexibility index (Phi) is 5.63. The van der Waals surface area contributed by atoms with E-state index >= 15 is 0 Å². The second-order valence-electron chi connectivity index (χ2n) is 7.66. The van der Waals surface area contributed by atoms with E-state index in [9.17, 15) is 4.39 Å². The molecule has 1 aromatic carbocycles. The molecule has 0 spiro atoms. The van der Waals surface area contributed by atoms with Crippen LogP contribution in [0.25, 0.3) is 16.7 Å². The van der Waals surface area contributed by atoms with Gasteiger partial charge in [0.05, 0.1) is 19.4 Å². The molecule has 0 bridgehead atoms. The number of nitrogens with zero attached hydrogens (tertiary/aromatic N) is 2. The number of aromatic nitrogens is 2. The number of amidine groups is 1. The van der Waals surface area contributed by atoms with Crippen LogP contribution in [0.3, 0.4) is 0 Å². The number of fused-ring (bicyclic) bond motifs is 2. The van der Waals surface area contributed by atoms with Crippen LogP contribution >= 0.6 is 11.8 Å². The molecule has 32 heavy (non-hydrogen) atoms. The molecule has 2 aliphatic rings. The maximum Gasteiger partial charge on any atom is 0.223 e. The van der Waals surface area contributed by atoms with E-state index in [2.05, 4.69) is 22.1 Å². The molecule has 0 saturated carbocycles. The highest BCUT2D eigenvalue weighted by Gasteiger charge is 2.30. The fourth-order valence-corrected chi connectivity index (χ4v) is 4.73. The van der Waals surface area contributed by atoms with Crippen molar-refractivity contribution < 1.29 is 13.9 Å². The van der Waals surface area contributed by atoms with Gasteiger partial charge in [-0.2, -0.15) is 0 Å². The van der Waals surface area contributed by atoms with Gasteiger partial charge >= 0.3 is 0 Å². The van der Waals surface area contributed by atoms with Crippen molar-refractivity contribution in [3.63, 3.8) is 0 Å². The molecule has 3 aromatic rings. The summed E-state index contributed by atoms with van der Waals surface area (Å²) >= 11 is 1.28. The third-order valence-electron chi connectivity index (χ3n) is 5.57. The zero-order chi connectivity index (χ0) is 22.1. The lowest BCUT2D eigenvalue weighted by Gasteiger charge is -2.28. The lowest BCUT2D eigenvalue weighted by Crippen LogP contribution is -2.17. The van der Waals surface area contributed by atoms with Crippen molar-refractivity contribution in [2.45, 2.75) is 12.3 Å². The lowest BCUT2D eigenvalue weighted by atomic mass is 9.87. The Labute approximate surface area is 189 Å². The van der Waals surface area contributed by atoms with E-state index in [0.717, 1.165) is 40.9 Å². The van der Waals surface area contributed by atoms with Gasteiger partial charge in [-0.05, 0) is 47.4 Å². The fourth-order valence-electron chi connectivity index (χ4n) is 4.03. The summed E-state index contributed by atoms with van der Waals surface area (Å²) in [6.07, 6.45) is 7.69. The minimum absolute atomic E-state index is 0.0533. The van der Waals surface area contributed by atoms with E-state index in [1.807, 2.05) is 24.4 Å². The zero-order valence-electron chi connectivity index (χ0n) is 17.2. The number of ether oxygens (including phenoxy) is 2. The Morgan fingerprint density at radius 3 is 2.78 bits per heavy atom. The highest BCUT2D eigenvalue weighted by Crippen LogP contribution is 2.46. The van der Waals surface area contributed by atoms with E-state index in [1.54, 1.807) is 6.20 Å². The Bertz CT molecular complexity index is 1230. The predicted molar refractivity (Wildman–Crippen MR) is 124 cm³/mol. The first-order valence-electron chi connectivity index (χ1n) is 10.2. The molecule has 2 aromatic heterocycles. The molecule has 0 fully saturated rings. The molecule has 0 radical (unpaired) electrons. The standard InChI is InChI=1S/C24H21FN4O2S/c25-18-6-16(9-28-11-18)14-3-4-22-19(7-14)21(13-32-24(26)27)20-8-17(10-29-23(20)31-22)15-2-1-5-30-12-15/h2-4,6-11,21H,1,5,12-13H2,(H3,26,27)/t21-/m1/s1. The van der Waals surface area contributed by atoms with Gasteiger partial charge in [0.2, 0.25) is 5.88 Å². The second-order valence-corrected chi connectivity index (χ2v) is 8.73. The Balaban J connectivity index is 1.59. The quantitative estimate of drug-likeness (QED) is 0.433. The van der Waals surface area contributed by atoms with E-state index < -0.39 is 0 Å². The molecule has 0 saturated heterocycles. The van der Waals surface area contributed by atoms with Gasteiger partial charge in [0.25, 0.3) is 0 Å². The number of hydrogen-bond donors (Lipinski definition) is 2. The van der Waals surface area contributed by atoms with E-state index in [0.29, 0.717) is 29.6 Å². The Morgan fingerprint density at radius 2 is 2.00 bits per heavy atom. The SMILES string of the molecule is N=C(N)SC[C@@H]1c2cc(-c3cncc(F)c3)ccc2Oc2ncc(C3=CCCOC3)cc21. The number of rotatable bonds is 4. The van der Waals surface area contributed by atoms with Crippen LogP contribution in [0.15, 0.2) is 55.0 Å². The largest absolute Gasteiger partial charge is 0.438 e. The highest BCUT2D eigenvalue weighted by atomic mass is 32.2. The summed E-state index contributed by atoms with van der Waals surface area (Å²) in [6, 6.07) is 9.30. The number of benzene rings is 1. The molecule has 4 heterocycles. The second kappa shape index (κ2) is 8.72. The lowest BCUT2D eigenvalue weighted by molar-refractivity contribution is 0.164. The molecule has 1 atom stereocenters. The molecule has 0 unspecified atom stereocenters. The van der Waals surface area contributed by atoms with Gasteiger partial charge in [-0.25, -0.2) is 9.37 Å². The summed E-state index contributed by atoms with van der Waals surface area (Å²) in [7, 11) is 0. The number of nitrogens with one attached hydrogen (secondary N) is 1. The first-order chi connectivity index (χ1) is 15.6. The molecular weight excluding hydrogens is 427 g/mol. The van der Waals surface area contributed by atoms with Crippen LogP contribution in [-0.2, 0) is 4.74 Å². The molecule has 2 aliphatic heterocycles. The van der Waals surface area contributed by atoms with Gasteiger partial charge < -0.3 is 15.2 Å². The third kappa shape index (κ3) is 4.11. The maximum absolute atomic E-state index is 13.7. The van der Waals surface area contributed by atoms with Crippen LogP contribution in [0.1, 0.15) is 29.0 Å². The van der Waals surface area contributed by atoms with E-state index in [-0.39, 0.29) is 16.9 Å². The van der Waals surface area contributed by atoms with Gasteiger partial charge in [-0.15, -0.1) is 0 Å². The fraction of sp³-hybridized carbons (Fsp3) is 0.208. The van der Waals surface area contributed by atoms with Crippen molar-refractivity contribution in [3.8, 4) is 22.8 Å². The monoisotopic (exact) mass is 448 g/mol. The summed E-state index contributed by atoms with van der Waals surface area (Å²) in [5, 5.41) is 7.76. The van der Waals surface area contributed by atoms with Crippen molar-refractivity contribution in [3.05, 3.63) is 77.5 Å². The van der Waals surface area contributed by atoms with E-state index in [1.165, 1.54) is 24.0 Å². The molecule has 0 amide bonds. The number of nitrogens with two attached hydrogens (primary N) is 1. The zero-order valence-corrected chi connectivity index (χ0v) is 18.0. The van der Waals surface area contributed by atoms with Crippen LogP contribution in [0.2, 0.25) is 0 Å². The molecule has 3 N–H and O–H groups in total. The summed E-state index contributed by atoms with van der Waals surface area (Å²) in [4.78, 5) is 8.56. The summed E-state index contributed by atoms with van der Waals surface area (Å²) in [6.45, 7) is 1.29. The molecule has 162 valence electrons. The van der Waals surface area contributed by atoms with Crippen molar-refractivity contribution in [1.82, 2.24) is 9.97 Å². The van der Waals surface area contributed by atoms with Gasteiger partial charge in [-0.1, -0.05) is 23.9 Å². The van der Waals surface area contributed by atoms with Gasteiger partial charge in [-0.3, -0.25) is 10.4 Å². The van der Waals surface area contributed by atoms with Crippen LogP contribution in [0, 0.1) is 11.2 Å². The van der Waals surface area contributed by atoms with Crippen LogP contribution in [0.5, 0.6) is 11.6 Å². The maximum atomic E-state index is 13.7. The van der Waals surface area contributed by atoms with E-state index in [4.69, 9.17) is 20.6 Å². The van der Waals surface area contributed by atoms with Crippen LogP contribution in [0.4, 0.5) is 4.39 Å². The third-order valence-corrected chi connectivity index (χ3v) is 6.38. The first kappa shape index (κ1) is 20.7. The van der Waals surface area contributed by atoms with Gasteiger partial charge in [0.15, 0.2) is 5.17 Å². The number of hydrogen-bond acceptors (Lipinski definition) is 6. The molecule has 6 nitrogen and oxygen atoms in total. The highest BCUT2D eigenvalue weighted by molar-refractivity contribution is 8.13. The van der Waals surface area contributed by atoms with Gasteiger partial charge in [0, 0.05) is 40.8 Å². The van der Waals surface area contributed by atoms with Crippen LogP contribution < -0.4 is 10.5 Å². The van der Waals surface area contributed by atoms with Crippen molar-refractivity contribution >= 4 is 22.5 Å².